The van der Waals surface area contributed by atoms with Crippen molar-refractivity contribution in [3.05, 3.63) is 170 Å². The third kappa shape index (κ3) is 5.33. The van der Waals surface area contributed by atoms with Crippen LogP contribution in [0.1, 0.15) is 0 Å². The molecule has 6 aromatic carbocycles. The van der Waals surface area contributed by atoms with Crippen LogP contribution in [0.2, 0.25) is 0 Å². The summed E-state index contributed by atoms with van der Waals surface area (Å²) in [7, 11) is 0. The van der Waals surface area contributed by atoms with E-state index in [0.29, 0.717) is 17.2 Å². The van der Waals surface area contributed by atoms with E-state index in [-0.39, 0.29) is 0 Å². The van der Waals surface area contributed by atoms with Gasteiger partial charge in [-0.05, 0) is 29.3 Å². The molecule has 0 aliphatic carbocycles. The van der Waals surface area contributed by atoms with Crippen LogP contribution in [-0.2, 0) is 0 Å². The number of benzene rings is 6. The van der Waals surface area contributed by atoms with Crippen LogP contribution in [0, 0.1) is 0 Å². The second-order valence-electron chi connectivity index (χ2n) is 11.9. The molecule has 0 N–H and O–H groups in total. The number of furan rings is 1. The summed E-state index contributed by atoms with van der Waals surface area (Å²) < 4.78 is 6.59. The molecule has 230 valence electrons. The second-order valence-corrected chi connectivity index (χ2v) is 11.9. The van der Waals surface area contributed by atoms with E-state index in [2.05, 4.69) is 60.7 Å². The summed E-state index contributed by atoms with van der Waals surface area (Å²) in [4.78, 5) is 20.2. The maximum Gasteiger partial charge on any atom is 0.180 e. The van der Waals surface area contributed by atoms with Crippen LogP contribution in [0.15, 0.2) is 174 Å². The van der Waals surface area contributed by atoms with Crippen LogP contribution in [-0.4, -0.2) is 19.9 Å². The van der Waals surface area contributed by atoms with Gasteiger partial charge in [-0.25, -0.2) is 19.9 Å². The Morgan fingerprint density at radius 2 is 0.878 bits per heavy atom. The fourth-order valence-electron chi connectivity index (χ4n) is 6.35. The Labute approximate surface area is 283 Å². The zero-order chi connectivity index (χ0) is 32.6. The van der Waals surface area contributed by atoms with Crippen molar-refractivity contribution in [2.24, 2.45) is 0 Å². The molecule has 0 atom stereocenters. The zero-order valence-corrected chi connectivity index (χ0v) is 26.4. The molecule has 0 saturated carbocycles. The molecule has 0 unspecified atom stereocenters. The second kappa shape index (κ2) is 12.1. The minimum absolute atomic E-state index is 0.654. The van der Waals surface area contributed by atoms with Crippen LogP contribution in [0.5, 0.6) is 0 Å². The van der Waals surface area contributed by atoms with Gasteiger partial charge in [-0.15, -0.1) is 0 Å². The van der Waals surface area contributed by atoms with E-state index in [4.69, 9.17) is 24.4 Å². The summed E-state index contributed by atoms with van der Waals surface area (Å²) in [6.45, 7) is 0. The first-order valence-corrected chi connectivity index (χ1v) is 16.2. The third-order valence-corrected chi connectivity index (χ3v) is 8.72. The Balaban J connectivity index is 1.24. The summed E-state index contributed by atoms with van der Waals surface area (Å²) in [5, 5.41) is 0.948. The summed E-state index contributed by atoms with van der Waals surface area (Å²) in [5.74, 6) is 1.34. The zero-order valence-electron chi connectivity index (χ0n) is 26.4. The first kappa shape index (κ1) is 28.5. The number of rotatable bonds is 6. The lowest BCUT2D eigenvalue weighted by molar-refractivity contribution is 0.667. The molecule has 5 nitrogen and oxygen atoms in total. The number of hydrogen-bond donors (Lipinski definition) is 0. The van der Waals surface area contributed by atoms with Crippen LogP contribution in [0.25, 0.3) is 89.7 Å². The maximum absolute atomic E-state index is 6.59. The molecule has 0 saturated heterocycles. The average Bonchev–Trinajstić information content (AvgIpc) is 3.58. The molecular formula is C44H28N4O. The van der Waals surface area contributed by atoms with Gasteiger partial charge in [-0.2, -0.15) is 0 Å². The van der Waals surface area contributed by atoms with E-state index >= 15 is 0 Å². The summed E-state index contributed by atoms with van der Waals surface area (Å²) in [5.41, 5.74) is 11.7. The van der Waals surface area contributed by atoms with Crippen molar-refractivity contribution in [2.75, 3.05) is 0 Å². The maximum atomic E-state index is 6.59. The highest BCUT2D eigenvalue weighted by Gasteiger charge is 2.21. The van der Waals surface area contributed by atoms with Gasteiger partial charge in [0.05, 0.1) is 16.8 Å². The van der Waals surface area contributed by atoms with Gasteiger partial charge in [0.1, 0.15) is 16.8 Å². The normalized spacial score (nSPS) is 11.3. The SMILES string of the molecule is c1ccc(-c2cc(-c3cccc(-c4cccc5oc6c(-c7ccccc7)nc(-c7ccccc7)nc6c45)c3)nc(-c3ccccc3)n2)cc1. The van der Waals surface area contributed by atoms with Crippen LogP contribution >= 0.6 is 0 Å². The molecular weight excluding hydrogens is 601 g/mol. The van der Waals surface area contributed by atoms with Crippen molar-refractivity contribution in [3.63, 3.8) is 0 Å². The number of hydrogen-bond acceptors (Lipinski definition) is 5. The lowest BCUT2D eigenvalue weighted by Gasteiger charge is -2.11. The molecule has 0 aliphatic heterocycles. The molecule has 49 heavy (non-hydrogen) atoms. The Morgan fingerprint density at radius 3 is 1.53 bits per heavy atom. The molecule has 5 heteroatoms. The summed E-state index contributed by atoms with van der Waals surface area (Å²) in [6.07, 6.45) is 0. The molecule has 0 bridgehead atoms. The molecule has 0 amide bonds. The van der Waals surface area contributed by atoms with Crippen molar-refractivity contribution < 1.29 is 4.42 Å². The molecule has 3 aromatic heterocycles. The Bertz CT molecular complexity index is 2530. The lowest BCUT2D eigenvalue weighted by Crippen LogP contribution is -1.96. The van der Waals surface area contributed by atoms with E-state index in [1.54, 1.807) is 0 Å². The Kier molecular flexibility index (Phi) is 7.06. The lowest BCUT2D eigenvalue weighted by atomic mass is 9.97. The van der Waals surface area contributed by atoms with Crippen LogP contribution in [0.4, 0.5) is 0 Å². The minimum Gasteiger partial charge on any atom is -0.452 e. The van der Waals surface area contributed by atoms with E-state index in [1.807, 2.05) is 109 Å². The van der Waals surface area contributed by atoms with Crippen molar-refractivity contribution >= 4 is 22.1 Å². The average molecular weight is 629 g/mol. The summed E-state index contributed by atoms with van der Waals surface area (Å²) in [6, 6.07) is 57.4. The molecule has 9 rings (SSSR count). The smallest absolute Gasteiger partial charge is 0.180 e. The molecule has 0 aliphatic rings. The van der Waals surface area contributed by atoms with E-state index in [1.165, 1.54) is 0 Å². The third-order valence-electron chi connectivity index (χ3n) is 8.72. The Hall–Kier alpha value is -6.72. The van der Waals surface area contributed by atoms with E-state index in [9.17, 15) is 0 Å². The first-order chi connectivity index (χ1) is 24.3. The van der Waals surface area contributed by atoms with Gasteiger partial charge in [0, 0.05) is 27.8 Å². The van der Waals surface area contributed by atoms with Gasteiger partial charge in [0.15, 0.2) is 17.2 Å². The highest BCUT2D eigenvalue weighted by molar-refractivity contribution is 6.13. The monoisotopic (exact) mass is 628 g/mol. The predicted octanol–water partition coefficient (Wildman–Crippen LogP) is 11.2. The highest BCUT2D eigenvalue weighted by atomic mass is 16.3. The number of aromatic nitrogens is 4. The minimum atomic E-state index is 0.654. The quantitative estimate of drug-likeness (QED) is 0.183. The fraction of sp³-hybridized carbons (Fsp3) is 0. The number of fused-ring (bicyclic) bond motifs is 3. The largest absolute Gasteiger partial charge is 0.452 e. The van der Waals surface area contributed by atoms with Gasteiger partial charge < -0.3 is 4.42 Å². The molecule has 0 fully saturated rings. The van der Waals surface area contributed by atoms with Crippen LogP contribution < -0.4 is 0 Å². The van der Waals surface area contributed by atoms with E-state index < -0.39 is 0 Å². The predicted molar refractivity (Wildman–Crippen MR) is 198 cm³/mol. The highest BCUT2D eigenvalue weighted by Crippen LogP contribution is 2.41. The van der Waals surface area contributed by atoms with Crippen molar-refractivity contribution in [3.8, 4) is 67.7 Å². The van der Waals surface area contributed by atoms with Gasteiger partial charge in [-0.1, -0.05) is 152 Å². The van der Waals surface area contributed by atoms with Gasteiger partial charge in [0.2, 0.25) is 0 Å². The first-order valence-electron chi connectivity index (χ1n) is 16.2. The van der Waals surface area contributed by atoms with Crippen molar-refractivity contribution in [1.82, 2.24) is 19.9 Å². The van der Waals surface area contributed by atoms with Gasteiger partial charge in [-0.3, -0.25) is 0 Å². The van der Waals surface area contributed by atoms with Gasteiger partial charge >= 0.3 is 0 Å². The standard InChI is InChI=1S/C44H28N4O/c1-5-15-29(16-6-1)36-28-37(46-43(45-36)31-19-9-3-10-20-31)34-24-13-23-33(27-34)35-25-14-26-38-39(35)41-42(49-38)40(30-17-7-2-8-18-30)47-44(48-41)32-21-11-4-12-22-32/h1-28H. The molecule has 0 spiro atoms. The fourth-order valence-corrected chi connectivity index (χ4v) is 6.35. The van der Waals surface area contributed by atoms with E-state index in [0.717, 1.165) is 72.5 Å². The number of nitrogens with zero attached hydrogens (tertiary/aromatic N) is 4. The van der Waals surface area contributed by atoms with Crippen LogP contribution in [0.3, 0.4) is 0 Å². The van der Waals surface area contributed by atoms with Crippen molar-refractivity contribution in [2.45, 2.75) is 0 Å². The van der Waals surface area contributed by atoms with Crippen molar-refractivity contribution in [1.29, 1.82) is 0 Å². The molecule has 3 heterocycles. The molecule has 9 aromatic rings. The molecule has 0 radical (unpaired) electrons. The summed E-state index contributed by atoms with van der Waals surface area (Å²) >= 11 is 0. The topological polar surface area (TPSA) is 64.7 Å². The van der Waals surface area contributed by atoms with Gasteiger partial charge in [0.25, 0.3) is 0 Å². The Morgan fingerprint density at radius 1 is 0.367 bits per heavy atom.